The quantitative estimate of drug-likeness (QED) is 0.367. The number of ether oxygens (including phenoxy) is 1. The van der Waals surface area contributed by atoms with Crippen molar-refractivity contribution in [1.29, 1.82) is 0 Å². The Bertz CT molecular complexity index is 614. The molecule has 0 heterocycles. The van der Waals surface area contributed by atoms with Gasteiger partial charge in [-0.3, -0.25) is 4.79 Å². The molecule has 0 aromatic heterocycles. The van der Waals surface area contributed by atoms with Gasteiger partial charge in [-0.2, -0.15) is 0 Å². The molecule has 0 bridgehead atoms. The van der Waals surface area contributed by atoms with Crippen LogP contribution in [0.3, 0.4) is 0 Å². The Labute approximate surface area is 180 Å². The lowest BCUT2D eigenvalue weighted by molar-refractivity contribution is -0.164. The number of carbonyl (C=O) groups is 1. The van der Waals surface area contributed by atoms with Gasteiger partial charge in [-0.15, -0.1) is 0 Å². The average Bonchev–Trinajstić information content (AvgIpc) is 3.22. The molecular formula is C27H46O2. The summed E-state index contributed by atoms with van der Waals surface area (Å²) in [5, 5.41) is 0. The van der Waals surface area contributed by atoms with Gasteiger partial charge in [0.25, 0.3) is 0 Å². The molecule has 2 aliphatic rings. The highest BCUT2D eigenvalue weighted by Crippen LogP contribution is 2.45. The van der Waals surface area contributed by atoms with Gasteiger partial charge in [0.2, 0.25) is 0 Å². The van der Waals surface area contributed by atoms with E-state index in [2.05, 4.69) is 73.6 Å². The Hall–Kier alpha value is -1.05. The first-order valence-electron chi connectivity index (χ1n) is 12.0. The van der Waals surface area contributed by atoms with Crippen LogP contribution in [-0.4, -0.2) is 11.6 Å². The molecule has 2 nitrogen and oxygen atoms in total. The molecule has 2 atom stereocenters. The van der Waals surface area contributed by atoms with Crippen LogP contribution in [0.5, 0.6) is 0 Å². The summed E-state index contributed by atoms with van der Waals surface area (Å²) in [6.07, 6.45) is 15.9. The summed E-state index contributed by atoms with van der Waals surface area (Å²) in [7, 11) is 0. The lowest BCUT2D eigenvalue weighted by Crippen LogP contribution is -2.37. The zero-order valence-corrected chi connectivity index (χ0v) is 20.4. The van der Waals surface area contributed by atoms with E-state index in [1.165, 1.54) is 44.1 Å². The van der Waals surface area contributed by atoms with Crippen LogP contribution in [0.4, 0.5) is 0 Å². The standard InChI is InChI=1S/C27H46O2/c1-9-25(3,4)19-23(26(5,6)10-2)20-15-17-21(18-16-20)24(28)29-27(7,8)22-13-11-12-14-22/h15-17,21-23H,9-14,18-19H2,1-8H3. The average molecular weight is 403 g/mol. The number of hydrogen-bond acceptors (Lipinski definition) is 2. The highest BCUT2D eigenvalue weighted by atomic mass is 16.6. The number of allylic oxidation sites excluding steroid dienone is 3. The van der Waals surface area contributed by atoms with Crippen molar-refractivity contribution in [1.82, 2.24) is 0 Å². The van der Waals surface area contributed by atoms with E-state index >= 15 is 0 Å². The zero-order valence-electron chi connectivity index (χ0n) is 20.4. The Morgan fingerprint density at radius 3 is 2.17 bits per heavy atom. The Morgan fingerprint density at radius 1 is 1.07 bits per heavy atom. The van der Waals surface area contributed by atoms with Gasteiger partial charge in [0, 0.05) is 0 Å². The molecule has 0 aliphatic heterocycles. The molecule has 0 spiro atoms. The number of esters is 1. The SMILES string of the molecule is CCC(C)(C)CC(C1=CCC(C(=O)OC(C)(C)C2CCCC2)C=C1)C(C)(C)CC. The van der Waals surface area contributed by atoms with Crippen LogP contribution in [0.2, 0.25) is 0 Å². The van der Waals surface area contributed by atoms with Crippen molar-refractivity contribution >= 4 is 5.97 Å². The van der Waals surface area contributed by atoms with Crippen LogP contribution in [0, 0.1) is 28.6 Å². The van der Waals surface area contributed by atoms with Crippen LogP contribution in [-0.2, 0) is 9.53 Å². The van der Waals surface area contributed by atoms with Gasteiger partial charge >= 0.3 is 5.97 Å². The smallest absolute Gasteiger partial charge is 0.313 e. The number of carbonyl (C=O) groups excluding carboxylic acids is 1. The van der Waals surface area contributed by atoms with Crippen molar-refractivity contribution in [3.63, 3.8) is 0 Å². The maximum Gasteiger partial charge on any atom is 0.313 e. The second kappa shape index (κ2) is 9.40. The maximum atomic E-state index is 12.9. The fourth-order valence-corrected chi connectivity index (χ4v) is 4.90. The van der Waals surface area contributed by atoms with Crippen molar-refractivity contribution in [3.8, 4) is 0 Å². The largest absolute Gasteiger partial charge is 0.459 e. The molecule has 1 fully saturated rings. The van der Waals surface area contributed by atoms with E-state index in [0.29, 0.717) is 17.3 Å². The molecule has 0 amide bonds. The first-order valence-corrected chi connectivity index (χ1v) is 12.0. The third-order valence-corrected chi connectivity index (χ3v) is 8.10. The minimum absolute atomic E-state index is 0.0476. The molecule has 166 valence electrons. The minimum atomic E-state index is -0.344. The molecule has 1 saturated carbocycles. The topological polar surface area (TPSA) is 26.3 Å². The summed E-state index contributed by atoms with van der Waals surface area (Å²) in [5.41, 5.74) is 1.65. The molecule has 0 aromatic carbocycles. The molecule has 2 heteroatoms. The first kappa shape index (κ1) is 24.2. The normalized spacial score (nSPS) is 22.5. The van der Waals surface area contributed by atoms with E-state index in [1.807, 2.05) is 0 Å². The van der Waals surface area contributed by atoms with Crippen molar-refractivity contribution in [2.24, 2.45) is 28.6 Å². The van der Waals surface area contributed by atoms with Gasteiger partial charge in [-0.05, 0) is 67.8 Å². The van der Waals surface area contributed by atoms with Crippen molar-refractivity contribution in [2.75, 3.05) is 0 Å². The van der Waals surface area contributed by atoms with Crippen molar-refractivity contribution in [3.05, 3.63) is 23.8 Å². The van der Waals surface area contributed by atoms with Crippen LogP contribution in [0.1, 0.15) is 107 Å². The number of hydrogen-bond donors (Lipinski definition) is 0. The van der Waals surface area contributed by atoms with Crippen LogP contribution < -0.4 is 0 Å². The van der Waals surface area contributed by atoms with E-state index in [9.17, 15) is 4.79 Å². The summed E-state index contributed by atoms with van der Waals surface area (Å²) in [6, 6.07) is 0. The maximum absolute atomic E-state index is 12.9. The minimum Gasteiger partial charge on any atom is -0.459 e. The van der Waals surface area contributed by atoms with Crippen LogP contribution in [0.25, 0.3) is 0 Å². The third kappa shape index (κ3) is 6.22. The summed E-state index contributed by atoms with van der Waals surface area (Å²) in [4.78, 5) is 12.9. The van der Waals surface area contributed by atoms with E-state index in [1.54, 1.807) is 0 Å². The summed E-state index contributed by atoms with van der Waals surface area (Å²) in [6.45, 7) is 18.3. The molecule has 2 aliphatic carbocycles. The molecular weight excluding hydrogens is 356 g/mol. The highest BCUT2D eigenvalue weighted by Gasteiger charge is 2.38. The molecule has 29 heavy (non-hydrogen) atoms. The van der Waals surface area contributed by atoms with Crippen LogP contribution >= 0.6 is 0 Å². The molecule has 0 aromatic rings. The second-order valence-corrected chi connectivity index (χ2v) is 11.5. The molecule has 2 rings (SSSR count). The van der Waals surface area contributed by atoms with E-state index in [4.69, 9.17) is 4.74 Å². The van der Waals surface area contributed by atoms with E-state index in [-0.39, 0.29) is 22.9 Å². The fourth-order valence-electron chi connectivity index (χ4n) is 4.90. The Morgan fingerprint density at radius 2 is 1.69 bits per heavy atom. The van der Waals surface area contributed by atoms with Crippen molar-refractivity contribution in [2.45, 2.75) is 112 Å². The second-order valence-electron chi connectivity index (χ2n) is 11.5. The predicted molar refractivity (Wildman–Crippen MR) is 124 cm³/mol. The highest BCUT2D eigenvalue weighted by molar-refractivity contribution is 5.75. The molecule has 0 N–H and O–H groups in total. The molecule has 0 radical (unpaired) electrons. The van der Waals surface area contributed by atoms with Gasteiger partial charge in [0.1, 0.15) is 5.60 Å². The van der Waals surface area contributed by atoms with E-state index in [0.717, 1.165) is 12.8 Å². The number of rotatable bonds is 9. The Balaban J connectivity index is 2.07. The predicted octanol–water partition coefficient (Wildman–Crippen LogP) is 7.88. The lowest BCUT2D eigenvalue weighted by atomic mass is 9.65. The third-order valence-electron chi connectivity index (χ3n) is 8.10. The lowest BCUT2D eigenvalue weighted by Gasteiger charge is -2.40. The van der Waals surface area contributed by atoms with E-state index < -0.39 is 0 Å². The Kier molecular flexibility index (Phi) is 7.85. The van der Waals surface area contributed by atoms with Crippen LogP contribution in [0.15, 0.2) is 23.8 Å². The monoisotopic (exact) mass is 402 g/mol. The molecule has 2 unspecified atom stereocenters. The summed E-state index contributed by atoms with van der Waals surface area (Å²) < 4.78 is 6.02. The molecule has 0 saturated heterocycles. The van der Waals surface area contributed by atoms with Gasteiger partial charge in [-0.1, -0.05) is 85.5 Å². The summed E-state index contributed by atoms with van der Waals surface area (Å²) in [5.74, 6) is 0.847. The van der Waals surface area contributed by atoms with Gasteiger partial charge in [-0.25, -0.2) is 0 Å². The van der Waals surface area contributed by atoms with Gasteiger partial charge < -0.3 is 4.74 Å². The van der Waals surface area contributed by atoms with Gasteiger partial charge in [0.15, 0.2) is 0 Å². The fraction of sp³-hybridized carbons (Fsp3) is 0.815. The zero-order chi connectivity index (χ0) is 21.9. The summed E-state index contributed by atoms with van der Waals surface area (Å²) >= 11 is 0. The van der Waals surface area contributed by atoms with Crippen molar-refractivity contribution < 1.29 is 9.53 Å². The van der Waals surface area contributed by atoms with Gasteiger partial charge in [0.05, 0.1) is 5.92 Å². The first-order chi connectivity index (χ1) is 13.4.